The first-order valence-corrected chi connectivity index (χ1v) is 8.96. The Bertz CT molecular complexity index is 928. The average molecular weight is 412 g/mol. The van der Waals surface area contributed by atoms with E-state index in [1.165, 1.54) is 0 Å². The van der Waals surface area contributed by atoms with Crippen molar-refractivity contribution >= 4 is 63.8 Å². The number of anilines is 2. The monoisotopic (exact) mass is 410 g/mol. The van der Waals surface area contributed by atoms with Crippen LogP contribution >= 0.6 is 34.8 Å². The van der Waals surface area contributed by atoms with Gasteiger partial charge in [-0.05, 0) is 35.4 Å². The highest BCUT2D eigenvalue weighted by molar-refractivity contribution is 6.37. The Balaban J connectivity index is 0.000000158. The van der Waals surface area contributed by atoms with Crippen molar-refractivity contribution in [3.63, 3.8) is 0 Å². The minimum Gasteiger partial charge on any atom is -0.325 e. The van der Waals surface area contributed by atoms with Gasteiger partial charge in [0, 0.05) is 22.0 Å². The molecule has 0 spiro atoms. The van der Waals surface area contributed by atoms with E-state index in [-0.39, 0.29) is 29.9 Å². The summed E-state index contributed by atoms with van der Waals surface area (Å²) in [6, 6.07) is 8.64. The number of halogens is 3. The van der Waals surface area contributed by atoms with Gasteiger partial charge in [0.1, 0.15) is 0 Å². The molecule has 0 aromatic heterocycles. The lowest BCUT2D eigenvalue weighted by molar-refractivity contribution is -0.115. The number of carbonyl (C=O) groups excluding carboxylic acids is 3. The molecule has 0 fully saturated rings. The molecule has 134 valence electrons. The summed E-state index contributed by atoms with van der Waals surface area (Å²) in [5.41, 5.74) is 3.72. The molecule has 2 aliphatic heterocycles. The third kappa shape index (κ3) is 4.01. The number of alkyl halides is 1. The molecule has 2 aliphatic rings. The molecule has 5 nitrogen and oxygen atoms in total. The molecule has 0 saturated carbocycles. The second-order valence-electron chi connectivity index (χ2n) is 5.80. The van der Waals surface area contributed by atoms with Crippen molar-refractivity contribution in [1.82, 2.24) is 0 Å². The van der Waals surface area contributed by atoms with Gasteiger partial charge in [0.15, 0.2) is 5.78 Å². The second-order valence-corrected chi connectivity index (χ2v) is 6.91. The first-order chi connectivity index (χ1) is 12.4. The number of nitrogens with one attached hydrogen (secondary N) is 2. The van der Waals surface area contributed by atoms with E-state index in [4.69, 9.17) is 34.8 Å². The lowest BCUT2D eigenvalue weighted by Gasteiger charge is -2.04. The highest BCUT2D eigenvalue weighted by Crippen LogP contribution is 2.30. The third-order valence-electron chi connectivity index (χ3n) is 3.94. The molecule has 0 saturated heterocycles. The maximum atomic E-state index is 11.4. The molecular weight excluding hydrogens is 399 g/mol. The lowest BCUT2D eigenvalue weighted by atomic mass is 10.1. The van der Waals surface area contributed by atoms with Crippen molar-refractivity contribution in [2.45, 2.75) is 12.8 Å². The Morgan fingerprint density at radius 2 is 1.54 bits per heavy atom. The fourth-order valence-corrected chi connectivity index (χ4v) is 3.31. The normalized spacial score (nSPS) is 14.0. The van der Waals surface area contributed by atoms with E-state index in [0.717, 1.165) is 16.8 Å². The van der Waals surface area contributed by atoms with Crippen LogP contribution in [0.1, 0.15) is 21.5 Å². The van der Waals surface area contributed by atoms with Crippen molar-refractivity contribution in [3.05, 3.63) is 57.1 Å². The standard InChI is InChI=1S/C10H7Cl2NO2.C8H6ClNO/c11-4-9(14)6-1-5-2-10(15)13-8(5)3-7(6)12;9-6-2-1-5-3-8(11)10-7(5)4-6/h1,3H,2,4H2,(H,13,15);1-2,4H,3H2,(H,10,11). The first-order valence-electron chi connectivity index (χ1n) is 7.67. The summed E-state index contributed by atoms with van der Waals surface area (Å²) in [5, 5.41) is 6.35. The van der Waals surface area contributed by atoms with Crippen LogP contribution in [-0.2, 0) is 22.4 Å². The highest BCUT2D eigenvalue weighted by atomic mass is 35.5. The summed E-state index contributed by atoms with van der Waals surface area (Å²) in [5.74, 6) is -0.387. The van der Waals surface area contributed by atoms with Crippen LogP contribution in [0.15, 0.2) is 30.3 Å². The molecule has 2 amide bonds. The predicted molar refractivity (Wildman–Crippen MR) is 103 cm³/mol. The topological polar surface area (TPSA) is 75.3 Å². The number of benzene rings is 2. The van der Waals surface area contributed by atoms with Crippen LogP contribution in [0.5, 0.6) is 0 Å². The Morgan fingerprint density at radius 3 is 2.19 bits per heavy atom. The smallest absolute Gasteiger partial charge is 0.228 e. The molecule has 0 atom stereocenters. The molecule has 26 heavy (non-hydrogen) atoms. The molecule has 0 radical (unpaired) electrons. The van der Waals surface area contributed by atoms with E-state index in [0.29, 0.717) is 27.7 Å². The molecule has 8 heteroatoms. The zero-order valence-corrected chi connectivity index (χ0v) is 15.6. The number of hydrogen-bond acceptors (Lipinski definition) is 3. The minimum absolute atomic E-state index is 0.0438. The zero-order chi connectivity index (χ0) is 18.8. The van der Waals surface area contributed by atoms with Gasteiger partial charge in [-0.3, -0.25) is 14.4 Å². The summed E-state index contributed by atoms with van der Waals surface area (Å²) < 4.78 is 0. The molecule has 0 unspecified atom stereocenters. The maximum absolute atomic E-state index is 11.4. The van der Waals surface area contributed by atoms with Gasteiger partial charge < -0.3 is 10.6 Å². The van der Waals surface area contributed by atoms with Crippen molar-refractivity contribution in [2.24, 2.45) is 0 Å². The molecule has 2 aromatic rings. The van der Waals surface area contributed by atoms with Gasteiger partial charge in [0.2, 0.25) is 11.8 Å². The number of Topliss-reactive ketones (excluding diaryl/α,β-unsaturated/α-hetero) is 1. The fourth-order valence-electron chi connectivity index (χ4n) is 2.72. The Hall–Kier alpha value is -2.08. The molecule has 0 aliphatic carbocycles. The molecule has 2 N–H and O–H groups in total. The fraction of sp³-hybridized carbons (Fsp3) is 0.167. The molecule has 0 bridgehead atoms. The summed E-state index contributed by atoms with van der Waals surface area (Å²) in [4.78, 5) is 33.3. The average Bonchev–Trinajstić information content (AvgIpc) is 3.13. The van der Waals surface area contributed by atoms with Gasteiger partial charge in [0.25, 0.3) is 0 Å². The van der Waals surface area contributed by atoms with E-state index in [9.17, 15) is 14.4 Å². The van der Waals surface area contributed by atoms with Gasteiger partial charge >= 0.3 is 0 Å². The quantitative estimate of drug-likeness (QED) is 0.577. The molecule has 2 heterocycles. The van der Waals surface area contributed by atoms with E-state index >= 15 is 0 Å². The molecule has 4 rings (SSSR count). The van der Waals surface area contributed by atoms with E-state index in [1.807, 2.05) is 6.07 Å². The summed E-state index contributed by atoms with van der Waals surface area (Å²) >= 11 is 17.1. The van der Waals surface area contributed by atoms with E-state index < -0.39 is 0 Å². The number of hydrogen-bond donors (Lipinski definition) is 2. The van der Waals surface area contributed by atoms with Gasteiger partial charge in [-0.2, -0.15) is 0 Å². The van der Waals surface area contributed by atoms with Crippen LogP contribution in [0.3, 0.4) is 0 Å². The minimum atomic E-state index is -0.233. The Kier molecular flexibility index (Phi) is 5.51. The number of ketones is 1. The zero-order valence-electron chi connectivity index (χ0n) is 13.4. The van der Waals surface area contributed by atoms with Crippen molar-refractivity contribution in [1.29, 1.82) is 0 Å². The largest absolute Gasteiger partial charge is 0.325 e. The summed E-state index contributed by atoms with van der Waals surface area (Å²) in [7, 11) is 0. The number of fused-ring (bicyclic) bond motifs is 2. The Labute approximate surface area is 164 Å². The van der Waals surface area contributed by atoms with E-state index in [2.05, 4.69) is 10.6 Å². The van der Waals surface area contributed by atoms with Crippen LogP contribution in [0.25, 0.3) is 0 Å². The SMILES string of the molecule is O=C1Cc2cc(C(=O)CCl)c(Cl)cc2N1.O=C1Cc2ccc(Cl)cc2N1. The van der Waals surface area contributed by atoms with Gasteiger partial charge in [-0.25, -0.2) is 0 Å². The predicted octanol–water partition coefficient (Wildman–Crippen LogP) is 4.09. The highest BCUT2D eigenvalue weighted by Gasteiger charge is 2.21. The van der Waals surface area contributed by atoms with E-state index in [1.54, 1.807) is 24.3 Å². The second kappa shape index (κ2) is 7.66. The van der Waals surface area contributed by atoms with Gasteiger partial charge in [-0.15, -0.1) is 11.6 Å². The van der Waals surface area contributed by atoms with Crippen molar-refractivity contribution in [2.75, 3.05) is 16.5 Å². The van der Waals surface area contributed by atoms with Crippen molar-refractivity contribution in [3.8, 4) is 0 Å². The first kappa shape index (κ1) is 18.7. The third-order valence-corrected chi connectivity index (χ3v) is 4.73. The van der Waals surface area contributed by atoms with Gasteiger partial charge in [0.05, 0.1) is 23.7 Å². The molecule has 2 aromatic carbocycles. The number of amides is 2. The van der Waals surface area contributed by atoms with Gasteiger partial charge in [-0.1, -0.05) is 29.3 Å². The van der Waals surface area contributed by atoms with Crippen LogP contribution in [0.2, 0.25) is 10.0 Å². The maximum Gasteiger partial charge on any atom is 0.228 e. The van der Waals surface area contributed by atoms with Crippen molar-refractivity contribution < 1.29 is 14.4 Å². The lowest BCUT2D eigenvalue weighted by Crippen LogP contribution is -2.03. The van der Waals surface area contributed by atoms with Crippen LogP contribution < -0.4 is 10.6 Å². The van der Waals surface area contributed by atoms with Crippen LogP contribution in [0.4, 0.5) is 11.4 Å². The number of rotatable bonds is 2. The van der Waals surface area contributed by atoms with Crippen LogP contribution in [0, 0.1) is 0 Å². The number of carbonyl (C=O) groups is 3. The summed E-state index contributed by atoms with van der Waals surface area (Å²) in [6.07, 6.45) is 0.765. The summed E-state index contributed by atoms with van der Waals surface area (Å²) in [6.45, 7) is 0. The Morgan fingerprint density at radius 1 is 0.923 bits per heavy atom. The van der Waals surface area contributed by atoms with Crippen LogP contribution in [-0.4, -0.2) is 23.5 Å². The molecular formula is C18H13Cl3N2O3.